The van der Waals surface area contributed by atoms with E-state index in [1.165, 1.54) is 10.9 Å². The number of nitrogens with one attached hydrogen (secondary N) is 3. The lowest BCUT2D eigenvalue weighted by Gasteiger charge is -2.29. The van der Waals surface area contributed by atoms with Crippen molar-refractivity contribution in [3.05, 3.63) is 58.1 Å². The van der Waals surface area contributed by atoms with Gasteiger partial charge in [0.25, 0.3) is 0 Å². The van der Waals surface area contributed by atoms with Crippen LogP contribution < -0.4 is 21.1 Å². The number of H-pyrrole nitrogens is 1. The number of carbonyl (C=O) groups is 1. The summed E-state index contributed by atoms with van der Waals surface area (Å²) >= 11 is 0. The van der Waals surface area contributed by atoms with E-state index in [4.69, 9.17) is 0 Å². The summed E-state index contributed by atoms with van der Waals surface area (Å²) in [6.45, 7) is 1.60. The molecule has 6 heterocycles. The van der Waals surface area contributed by atoms with Gasteiger partial charge in [-0.1, -0.05) is 0 Å². The summed E-state index contributed by atoms with van der Waals surface area (Å²) < 4.78 is 32.0. The minimum atomic E-state index is -1.36. The van der Waals surface area contributed by atoms with Crippen LogP contribution in [0, 0.1) is 11.6 Å². The van der Waals surface area contributed by atoms with Crippen molar-refractivity contribution in [3.8, 4) is 11.1 Å². The fraction of sp³-hybridized carbons (Fsp3) is 0.310. The molecular weight excluding hydrogens is 546 g/mol. The number of rotatable bonds is 5. The van der Waals surface area contributed by atoms with Gasteiger partial charge in [-0.2, -0.15) is 0 Å². The van der Waals surface area contributed by atoms with Crippen molar-refractivity contribution in [2.75, 3.05) is 49.9 Å². The Morgan fingerprint density at radius 2 is 1.88 bits per heavy atom. The van der Waals surface area contributed by atoms with Crippen LogP contribution in [0.2, 0.25) is 0 Å². The normalized spacial score (nSPS) is 18.8. The first-order chi connectivity index (χ1) is 20.2. The number of hydrogen-bond donors (Lipinski definition) is 4. The van der Waals surface area contributed by atoms with Crippen LogP contribution in [0.5, 0.6) is 0 Å². The number of carboxylic acid groups (broad SMARTS) is 1. The molecular formula is C29H28F2N8O3. The Bertz CT molecular complexity index is 2010. The van der Waals surface area contributed by atoms with Gasteiger partial charge in [-0.25, -0.2) is 28.2 Å². The number of aromatic carboxylic acids is 1. The zero-order valence-electron chi connectivity index (χ0n) is 23.1. The number of benzene rings is 1. The Morgan fingerprint density at radius 1 is 1.10 bits per heavy atom. The number of aromatic nitrogens is 4. The second-order valence-electron chi connectivity index (χ2n) is 10.8. The first-order valence-corrected chi connectivity index (χ1v) is 13.7. The number of aromatic amines is 1. The highest BCUT2D eigenvalue weighted by atomic mass is 19.2. The third-order valence-corrected chi connectivity index (χ3v) is 8.80. The minimum absolute atomic E-state index is 0.0907. The average Bonchev–Trinajstić information content (AvgIpc) is 3.69. The molecule has 2 aliphatic heterocycles. The Morgan fingerprint density at radius 3 is 2.62 bits per heavy atom. The third-order valence-electron chi connectivity index (χ3n) is 8.80. The van der Waals surface area contributed by atoms with Gasteiger partial charge in [-0.3, -0.25) is 4.79 Å². The Balaban J connectivity index is 1.57. The number of carboxylic acids is 1. The van der Waals surface area contributed by atoms with Gasteiger partial charge in [-0.15, -0.1) is 0 Å². The van der Waals surface area contributed by atoms with E-state index in [1.54, 1.807) is 32.6 Å². The number of likely N-dealkylation sites (tertiary alicyclic amines) is 1. The summed E-state index contributed by atoms with van der Waals surface area (Å²) in [5.41, 5.74) is 4.97. The average molecular weight is 575 g/mol. The number of likely N-dealkylation sites (N-methyl/N-ethyl adjacent to an activating group) is 1. The first-order valence-electron chi connectivity index (χ1n) is 13.7. The summed E-state index contributed by atoms with van der Waals surface area (Å²) in [4.78, 5) is 42.0. The molecule has 2 saturated heterocycles. The van der Waals surface area contributed by atoms with Gasteiger partial charge in [0.1, 0.15) is 11.2 Å². The predicted octanol–water partition coefficient (Wildman–Crippen LogP) is 3.57. The lowest BCUT2D eigenvalue weighted by molar-refractivity contribution is 0.0695. The zero-order chi connectivity index (χ0) is 29.4. The van der Waals surface area contributed by atoms with Gasteiger partial charge in [0.05, 0.1) is 33.1 Å². The fourth-order valence-electron chi connectivity index (χ4n) is 6.81. The number of hydrogen-bond acceptors (Lipinski definition) is 8. The van der Waals surface area contributed by atoms with E-state index in [-0.39, 0.29) is 22.5 Å². The molecule has 4 N–H and O–H groups in total. The van der Waals surface area contributed by atoms with Crippen LogP contribution in [-0.4, -0.2) is 81.9 Å². The molecule has 4 aromatic heterocycles. The molecule has 1 aromatic carbocycles. The largest absolute Gasteiger partial charge is 0.477 e. The van der Waals surface area contributed by atoms with E-state index >= 15 is 4.39 Å². The van der Waals surface area contributed by atoms with Crippen molar-refractivity contribution in [1.29, 1.82) is 0 Å². The molecule has 0 aliphatic carbocycles. The van der Waals surface area contributed by atoms with Crippen molar-refractivity contribution in [1.82, 2.24) is 24.5 Å². The van der Waals surface area contributed by atoms with Gasteiger partial charge in [-0.05, 0) is 26.0 Å². The predicted molar refractivity (Wildman–Crippen MR) is 157 cm³/mol. The topological polar surface area (TPSA) is 131 Å². The van der Waals surface area contributed by atoms with Gasteiger partial charge in [0.2, 0.25) is 5.43 Å². The number of fused-ring (bicyclic) bond motifs is 5. The lowest BCUT2D eigenvalue weighted by Crippen LogP contribution is -2.35. The smallest absolute Gasteiger partial charge is 0.341 e. The van der Waals surface area contributed by atoms with Crippen molar-refractivity contribution in [2.45, 2.75) is 24.9 Å². The second kappa shape index (κ2) is 9.38. The molecule has 0 spiro atoms. The maximum atomic E-state index is 15.7. The summed E-state index contributed by atoms with van der Waals surface area (Å²) in [6, 6.07) is 3.15. The highest BCUT2D eigenvalue weighted by Crippen LogP contribution is 2.46. The van der Waals surface area contributed by atoms with Crippen molar-refractivity contribution in [3.63, 3.8) is 0 Å². The molecule has 2 aliphatic rings. The molecule has 0 bridgehead atoms. The Kier molecular flexibility index (Phi) is 5.84. The van der Waals surface area contributed by atoms with Crippen LogP contribution in [0.1, 0.15) is 23.2 Å². The maximum Gasteiger partial charge on any atom is 0.341 e. The molecule has 13 heteroatoms. The Hall–Kier alpha value is -4.78. The number of pyridine rings is 3. The van der Waals surface area contributed by atoms with Crippen molar-refractivity contribution < 1.29 is 18.7 Å². The van der Waals surface area contributed by atoms with Crippen LogP contribution in [-0.2, 0) is 0 Å². The molecule has 0 radical (unpaired) electrons. The van der Waals surface area contributed by atoms with Crippen LogP contribution in [0.4, 0.5) is 20.2 Å². The third kappa shape index (κ3) is 3.59. The van der Waals surface area contributed by atoms with Crippen LogP contribution in [0.15, 0.2) is 35.5 Å². The van der Waals surface area contributed by atoms with Gasteiger partial charge in [0.15, 0.2) is 17.3 Å². The van der Waals surface area contributed by atoms with E-state index in [9.17, 15) is 19.1 Å². The second-order valence-corrected chi connectivity index (χ2v) is 10.8. The lowest BCUT2D eigenvalue weighted by atomic mass is 10.00. The number of nitrogens with zero attached hydrogens (tertiary/aromatic N) is 5. The molecule has 7 rings (SSSR count). The molecule has 0 amide bonds. The summed E-state index contributed by atoms with van der Waals surface area (Å²) in [6.07, 6.45) is 6.23. The van der Waals surface area contributed by atoms with Crippen LogP contribution in [0.3, 0.4) is 0 Å². The molecule has 0 unspecified atom stereocenters. The standard InChI is InChI=1S/C29H28F2N8O3/c1-32-18-9-17(30)23(31)21-22-25(38-7-5-19-20(38)4-6-37(19)3)15(11-34-27(22)36-24(18)21)13-8-14-26(40)16(29(41)42)12-39(33-2)28(14)35-10-13/h8-12,19-20,32-33H,4-7H2,1-3H3,(H,34,36)(H,41,42)/t19-,20-/m0/s1. The number of halogens is 2. The van der Waals surface area contributed by atoms with Gasteiger partial charge < -0.3 is 30.6 Å². The molecule has 11 nitrogen and oxygen atoms in total. The fourth-order valence-corrected chi connectivity index (χ4v) is 6.81. The quantitative estimate of drug-likeness (QED) is 0.249. The Labute approximate surface area is 237 Å². The van der Waals surface area contributed by atoms with Crippen LogP contribution in [0.25, 0.3) is 44.1 Å². The maximum absolute atomic E-state index is 15.7. The van der Waals surface area contributed by atoms with E-state index in [0.717, 1.165) is 25.5 Å². The molecule has 5 aromatic rings. The van der Waals surface area contributed by atoms with E-state index < -0.39 is 28.6 Å². The molecule has 0 saturated carbocycles. The monoisotopic (exact) mass is 574 g/mol. The molecule has 216 valence electrons. The first kappa shape index (κ1) is 26.1. The van der Waals surface area contributed by atoms with Crippen molar-refractivity contribution in [2.24, 2.45) is 0 Å². The van der Waals surface area contributed by atoms with E-state index in [0.29, 0.717) is 51.6 Å². The number of anilines is 2. The van der Waals surface area contributed by atoms with E-state index in [1.807, 2.05) is 0 Å². The highest BCUT2D eigenvalue weighted by molar-refractivity contribution is 6.18. The van der Waals surface area contributed by atoms with Gasteiger partial charge >= 0.3 is 5.97 Å². The highest BCUT2D eigenvalue weighted by Gasteiger charge is 2.42. The molecule has 42 heavy (non-hydrogen) atoms. The van der Waals surface area contributed by atoms with Crippen molar-refractivity contribution >= 4 is 50.3 Å². The summed E-state index contributed by atoms with van der Waals surface area (Å²) in [5, 5.41) is 13.2. The molecule has 2 fully saturated rings. The summed E-state index contributed by atoms with van der Waals surface area (Å²) in [5.74, 6) is -3.32. The van der Waals surface area contributed by atoms with Gasteiger partial charge in [0, 0.05) is 75.1 Å². The zero-order valence-corrected chi connectivity index (χ0v) is 23.1. The SMILES string of the molecule is CNc1cc(F)c(F)c2c1[nH]c1ncc(-c3cnc4c(c3)c(=O)c(C(=O)O)cn4NC)c(N3CC[C@H]4[C@@H]3CCN4C)c12. The van der Waals surface area contributed by atoms with E-state index in [2.05, 4.69) is 42.5 Å². The van der Waals surface area contributed by atoms with Crippen LogP contribution >= 0.6 is 0 Å². The molecule has 2 atom stereocenters. The minimum Gasteiger partial charge on any atom is -0.477 e. The summed E-state index contributed by atoms with van der Waals surface area (Å²) in [7, 11) is 5.33.